The molecule has 24 heavy (non-hydrogen) atoms. The van der Waals surface area contributed by atoms with Crippen LogP contribution in [0.15, 0.2) is 46.9 Å². The van der Waals surface area contributed by atoms with E-state index >= 15 is 0 Å². The number of halogens is 1. The highest BCUT2D eigenvalue weighted by Gasteiger charge is 2.30. The molecule has 2 atom stereocenters. The minimum absolute atomic E-state index is 0.0476. The number of hydrogen-bond acceptors (Lipinski definition) is 4. The fourth-order valence-electron chi connectivity index (χ4n) is 3.11. The lowest BCUT2D eigenvalue weighted by molar-refractivity contribution is 0.0711. The Balaban J connectivity index is 1.64. The van der Waals surface area contributed by atoms with Crippen molar-refractivity contribution in [1.29, 1.82) is 0 Å². The van der Waals surface area contributed by atoms with Crippen molar-refractivity contribution >= 4 is 17.5 Å². The topological polar surface area (TPSA) is 65.7 Å². The predicted molar refractivity (Wildman–Crippen MR) is 91.9 cm³/mol. The third-order valence-corrected chi connectivity index (χ3v) is 4.64. The van der Waals surface area contributed by atoms with Gasteiger partial charge in [0, 0.05) is 31.7 Å². The molecular weight excluding hydrogens is 328 g/mol. The van der Waals surface area contributed by atoms with Crippen LogP contribution in [0.2, 0.25) is 5.22 Å². The second-order valence-corrected chi connectivity index (χ2v) is 6.51. The number of piperidine rings is 1. The lowest BCUT2D eigenvalue weighted by Gasteiger charge is -2.38. The first kappa shape index (κ1) is 17.0. The molecule has 2 N–H and O–H groups in total. The summed E-state index contributed by atoms with van der Waals surface area (Å²) in [6, 6.07) is 13.2. The smallest absolute Gasteiger partial charge is 0.287 e. The SMILES string of the molecule is O=C(N[C@H]1CN(Cc2ccccc2)CC[C@@H]1CO)c1ccc(Cl)o1. The normalized spacial score (nSPS) is 21.6. The number of carbonyl (C=O) groups is 1. The van der Waals surface area contributed by atoms with Gasteiger partial charge < -0.3 is 14.8 Å². The maximum absolute atomic E-state index is 12.3. The van der Waals surface area contributed by atoms with Crippen molar-refractivity contribution in [3.63, 3.8) is 0 Å². The maximum Gasteiger partial charge on any atom is 0.287 e. The van der Waals surface area contributed by atoms with Gasteiger partial charge in [0.05, 0.1) is 0 Å². The molecular formula is C18H21ClN2O3. The molecule has 1 aromatic heterocycles. The first-order valence-corrected chi connectivity index (χ1v) is 8.47. The van der Waals surface area contributed by atoms with Crippen LogP contribution in [-0.4, -0.2) is 41.7 Å². The van der Waals surface area contributed by atoms with Crippen LogP contribution in [0.5, 0.6) is 0 Å². The Morgan fingerprint density at radius 2 is 2.08 bits per heavy atom. The summed E-state index contributed by atoms with van der Waals surface area (Å²) in [4.78, 5) is 14.6. The molecule has 2 heterocycles. The van der Waals surface area contributed by atoms with E-state index in [2.05, 4.69) is 22.3 Å². The summed E-state index contributed by atoms with van der Waals surface area (Å²) in [6.07, 6.45) is 0.840. The Labute approximate surface area is 146 Å². The summed E-state index contributed by atoms with van der Waals surface area (Å²) in [5, 5.41) is 12.8. The minimum Gasteiger partial charge on any atom is -0.440 e. The van der Waals surface area contributed by atoms with Gasteiger partial charge in [-0.25, -0.2) is 0 Å². The molecule has 1 saturated heterocycles. The molecule has 1 aliphatic heterocycles. The molecule has 0 bridgehead atoms. The highest BCUT2D eigenvalue weighted by atomic mass is 35.5. The molecule has 1 aliphatic rings. The van der Waals surface area contributed by atoms with Crippen LogP contribution in [0.3, 0.4) is 0 Å². The highest BCUT2D eigenvalue weighted by Crippen LogP contribution is 2.20. The van der Waals surface area contributed by atoms with Crippen molar-refractivity contribution in [2.75, 3.05) is 19.7 Å². The number of aliphatic hydroxyl groups excluding tert-OH is 1. The monoisotopic (exact) mass is 348 g/mol. The summed E-state index contributed by atoms with van der Waals surface area (Å²) >= 11 is 5.72. The molecule has 1 amide bonds. The van der Waals surface area contributed by atoms with Crippen LogP contribution in [0.1, 0.15) is 22.5 Å². The number of nitrogens with zero attached hydrogens (tertiary/aromatic N) is 1. The molecule has 0 spiro atoms. The molecule has 1 aromatic carbocycles. The van der Waals surface area contributed by atoms with Crippen molar-refractivity contribution in [3.8, 4) is 0 Å². The van der Waals surface area contributed by atoms with Gasteiger partial charge in [0.25, 0.3) is 5.91 Å². The summed E-state index contributed by atoms with van der Waals surface area (Å²) in [5.74, 6) is -0.0600. The molecule has 5 nitrogen and oxygen atoms in total. The van der Waals surface area contributed by atoms with Gasteiger partial charge in [-0.3, -0.25) is 9.69 Å². The van der Waals surface area contributed by atoms with Crippen molar-refractivity contribution in [3.05, 3.63) is 59.0 Å². The Bertz CT molecular complexity index is 674. The van der Waals surface area contributed by atoms with Gasteiger partial charge in [0.15, 0.2) is 11.0 Å². The zero-order chi connectivity index (χ0) is 16.9. The summed E-state index contributed by atoms with van der Waals surface area (Å²) < 4.78 is 5.16. The lowest BCUT2D eigenvalue weighted by Crippen LogP contribution is -2.53. The second-order valence-electron chi connectivity index (χ2n) is 6.14. The fourth-order valence-corrected chi connectivity index (χ4v) is 3.26. The van der Waals surface area contributed by atoms with Gasteiger partial charge in [0.2, 0.25) is 0 Å². The van der Waals surface area contributed by atoms with Gasteiger partial charge in [-0.2, -0.15) is 0 Å². The standard InChI is InChI=1S/C18H21ClN2O3/c19-17-7-6-16(24-17)18(23)20-15-11-21(9-8-14(15)12-22)10-13-4-2-1-3-5-13/h1-7,14-15,22H,8-12H2,(H,20,23)/t14-,15+/m1/s1. The van der Waals surface area contributed by atoms with Gasteiger partial charge in [-0.05, 0) is 42.3 Å². The van der Waals surface area contributed by atoms with E-state index in [9.17, 15) is 9.90 Å². The summed E-state index contributed by atoms with van der Waals surface area (Å²) in [6.45, 7) is 2.49. The fraction of sp³-hybridized carbons (Fsp3) is 0.389. The number of benzene rings is 1. The van der Waals surface area contributed by atoms with E-state index in [0.29, 0.717) is 6.54 Å². The maximum atomic E-state index is 12.3. The van der Waals surface area contributed by atoms with E-state index in [-0.39, 0.29) is 35.5 Å². The largest absolute Gasteiger partial charge is 0.440 e. The van der Waals surface area contributed by atoms with Gasteiger partial charge >= 0.3 is 0 Å². The molecule has 0 unspecified atom stereocenters. The number of furan rings is 1. The predicted octanol–water partition coefficient (Wildman–Crippen LogP) is 2.55. The Morgan fingerprint density at radius 1 is 1.29 bits per heavy atom. The zero-order valence-corrected chi connectivity index (χ0v) is 14.1. The number of aliphatic hydroxyl groups is 1. The van der Waals surface area contributed by atoms with Gasteiger partial charge in [-0.15, -0.1) is 0 Å². The molecule has 0 aliphatic carbocycles. The van der Waals surface area contributed by atoms with E-state index in [0.717, 1.165) is 19.5 Å². The van der Waals surface area contributed by atoms with Crippen molar-refractivity contribution in [2.24, 2.45) is 5.92 Å². The Kier molecular flexibility index (Phi) is 5.56. The molecule has 0 saturated carbocycles. The van der Waals surface area contributed by atoms with Crippen LogP contribution < -0.4 is 5.32 Å². The molecule has 0 radical (unpaired) electrons. The van der Waals surface area contributed by atoms with Crippen LogP contribution in [0, 0.1) is 5.92 Å². The van der Waals surface area contributed by atoms with E-state index in [1.54, 1.807) is 12.1 Å². The summed E-state index contributed by atoms with van der Waals surface area (Å²) in [7, 11) is 0. The van der Waals surface area contributed by atoms with Crippen LogP contribution >= 0.6 is 11.6 Å². The van der Waals surface area contributed by atoms with Crippen LogP contribution in [0.25, 0.3) is 0 Å². The van der Waals surface area contributed by atoms with Crippen LogP contribution in [0.4, 0.5) is 0 Å². The number of hydrogen-bond donors (Lipinski definition) is 2. The first-order valence-electron chi connectivity index (χ1n) is 8.09. The number of amides is 1. The number of rotatable bonds is 5. The van der Waals surface area contributed by atoms with Crippen LogP contribution in [-0.2, 0) is 6.54 Å². The quantitative estimate of drug-likeness (QED) is 0.871. The van der Waals surface area contributed by atoms with Gasteiger partial charge in [0.1, 0.15) is 0 Å². The van der Waals surface area contributed by atoms with E-state index in [1.807, 2.05) is 18.2 Å². The van der Waals surface area contributed by atoms with Gasteiger partial charge in [-0.1, -0.05) is 30.3 Å². The Morgan fingerprint density at radius 3 is 2.75 bits per heavy atom. The third kappa shape index (κ3) is 4.17. The number of likely N-dealkylation sites (tertiary alicyclic amines) is 1. The molecule has 3 rings (SSSR count). The third-order valence-electron chi connectivity index (χ3n) is 4.44. The summed E-state index contributed by atoms with van der Waals surface area (Å²) in [5.41, 5.74) is 1.24. The average molecular weight is 349 g/mol. The highest BCUT2D eigenvalue weighted by molar-refractivity contribution is 6.29. The average Bonchev–Trinajstić information content (AvgIpc) is 3.03. The van der Waals surface area contributed by atoms with Crippen molar-refractivity contribution in [1.82, 2.24) is 10.2 Å². The number of carbonyl (C=O) groups excluding carboxylic acids is 1. The molecule has 6 heteroatoms. The zero-order valence-electron chi connectivity index (χ0n) is 13.3. The van der Waals surface area contributed by atoms with Crippen molar-refractivity contribution < 1.29 is 14.3 Å². The Hall–Kier alpha value is -1.82. The number of nitrogens with one attached hydrogen (secondary N) is 1. The first-order chi connectivity index (χ1) is 11.7. The second kappa shape index (κ2) is 7.83. The molecule has 2 aromatic rings. The lowest BCUT2D eigenvalue weighted by atomic mass is 9.92. The van der Waals surface area contributed by atoms with E-state index in [4.69, 9.17) is 16.0 Å². The van der Waals surface area contributed by atoms with E-state index < -0.39 is 0 Å². The molecule has 1 fully saturated rings. The molecule has 128 valence electrons. The van der Waals surface area contributed by atoms with E-state index in [1.165, 1.54) is 5.56 Å². The minimum atomic E-state index is -0.299. The van der Waals surface area contributed by atoms with Crippen molar-refractivity contribution in [2.45, 2.75) is 19.0 Å².